The van der Waals surface area contributed by atoms with E-state index in [0.29, 0.717) is 25.9 Å². The summed E-state index contributed by atoms with van der Waals surface area (Å²) in [6.45, 7) is 6.32. The van der Waals surface area contributed by atoms with Gasteiger partial charge in [0.05, 0.1) is 0 Å². The lowest BCUT2D eigenvalue weighted by molar-refractivity contribution is -0.127. The number of piperazine rings is 1. The highest BCUT2D eigenvalue weighted by atomic mass is 35.5. The van der Waals surface area contributed by atoms with Crippen molar-refractivity contribution in [2.45, 2.75) is 44.2 Å². The number of carbonyl (C=O) groups excluding carboxylic acids is 2. The summed E-state index contributed by atoms with van der Waals surface area (Å²) in [6.07, 6.45) is 4.27. The van der Waals surface area contributed by atoms with Gasteiger partial charge in [-0.05, 0) is 31.4 Å². The highest BCUT2D eigenvalue weighted by Gasteiger charge is 2.42. The van der Waals surface area contributed by atoms with Gasteiger partial charge in [0.25, 0.3) is 0 Å². The first kappa shape index (κ1) is 23.4. The number of rotatable bonds is 8. The Morgan fingerprint density at radius 2 is 1.72 bits per heavy atom. The van der Waals surface area contributed by atoms with Crippen LogP contribution < -0.4 is 21.3 Å². The molecule has 1 aliphatic heterocycles. The number of hydrogen-bond donors (Lipinski definition) is 4. The molecule has 2 fully saturated rings. The maximum Gasteiger partial charge on any atom is 0.315 e. The zero-order chi connectivity index (χ0) is 19.7. The Bertz CT molecular complexity index is 631. The van der Waals surface area contributed by atoms with Crippen molar-refractivity contribution in [1.29, 1.82) is 0 Å². The van der Waals surface area contributed by atoms with Crippen molar-refractivity contribution >= 4 is 24.3 Å². The third kappa shape index (κ3) is 7.17. The normalized spacial score (nSPS) is 18.5. The summed E-state index contributed by atoms with van der Waals surface area (Å²) in [7, 11) is 0. The minimum Gasteiger partial charge on any atom is -0.354 e. The van der Waals surface area contributed by atoms with Crippen molar-refractivity contribution in [1.82, 2.24) is 26.2 Å². The topological polar surface area (TPSA) is 85.5 Å². The van der Waals surface area contributed by atoms with Gasteiger partial charge >= 0.3 is 6.03 Å². The molecule has 1 heterocycles. The highest BCUT2D eigenvalue weighted by molar-refractivity contribution is 5.91. The van der Waals surface area contributed by atoms with Crippen LogP contribution in [0, 0.1) is 0 Å². The molecular formula is C21H34ClN5O2. The fraction of sp³-hybridized carbons (Fsp3) is 0.619. The summed E-state index contributed by atoms with van der Waals surface area (Å²) in [5.74, 6) is -0.0415. The molecule has 7 nitrogen and oxygen atoms in total. The number of hydrogen-bond acceptors (Lipinski definition) is 4. The molecule has 0 spiro atoms. The predicted octanol–water partition coefficient (Wildman–Crippen LogP) is 1.63. The fourth-order valence-corrected chi connectivity index (χ4v) is 4.04. The number of carbonyl (C=O) groups is 2. The second-order valence-electron chi connectivity index (χ2n) is 7.78. The highest BCUT2D eigenvalue weighted by Crippen LogP contribution is 2.29. The summed E-state index contributed by atoms with van der Waals surface area (Å²) >= 11 is 0. The van der Waals surface area contributed by atoms with Gasteiger partial charge in [0.15, 0.2) is 0 Å². The second-order valence-corrected chi connectivity index (χ2v) is 7.78. The van der Waals surface area contributed by atoms with E-state index in [2.05, 4.69) is 26.2 Å². The van der Waals surface area contributed by atoms with E-state index in [0.717, 1.165) is 57.5 Å². The van der Waals surface area contributed by atoms with Gasteiger partial charge in [0, 0.05) is 39.3 Å². The minimum absolute atomic E-state index is 0. The summed E-state index contributed by atoms with van der Waals surface area (Å²) in [4.78, 5) is 27.7. The van der Waals surface area contributed by atoms with Gasteiger partial charge in [-0.2, -0.15) is 0 Å². The molecule has 4 N–H and O–H groups in total. The molecule has 3 rings (SSSR count). The van der Waals surface area contributed by atoms with Crippen molar-refractivity contribution in [3.8, 4) is 0 Å². The van der Waals surface area contributed by atoms with E-state index in [1.54, 1.807) is 0 Å². The zero-order valence-electron chi connectivity index (χ0n) is 17.0. The molecule has 2 aliphatic rings. The molecular weight excluding hydrogens is 390 g/mol. The van der Waals surface area contributed by atoms with E-state index in [1.165, 1.54) is 0 Å². The first-order valence-electron chi connectivity index (χ1n) is 10.5. The molecule has 1 aromatic carbocycles. The van der Waals surface area contributed by atoms with E-state index < -0.39 is 5.54 Å². The number of amides is 3. The molecule has 1 aromatic rings. The molecule has 3 amide bonds. The molecule has 0 unspecified atom stereocenters. The second kappa shape index (κ2) is 12.0. The Morgan fingerprint density at radius 1 is 1.03 bits per heavy atom. The average molecular weight is 424 g/mol. The molecule has 162 valence electrons. The molecule has 29 heavy (non-hydrogen) atoms. The SMILES string of the molecule is Cl.O=C(NCc1ccccc1)NC1(C(=O)NCCCN2CCNCC2)CCCC1. The van der Waals surface area contributed by atoms with Gasteiger partial charge in [-0.15, -0.1) is 12.4 Å². The van der Waals surface area contributed by atoms with E-state index in [1.807, 2.05) is 30.3 Å². The number of benzene rings is 1. The van der Waals surface area contributed by atoms with Gasteiger partial charge in [-0.25, -0.2) is 4.79 Å². The Kier molecular flexibility index (Phi) is 9.70. The Hall–Kier alpha value is -1.83. The standard InChI is InChI=1S/C21H33N5O2.ClH/c27-19(23-11-6-14-26-15-12-22-13-16-26)21(9-4-5-10-21)25-20(28)24-17-18-7-2-1-3-8-18;/h1-3,7-8,22H,4-6,9-17H2,(H,23,27)(H2,24,25,28);1H. The van der Waals surface area contributed by atoms with E-state index >= 15 is 0 Å². The van der Waals surface area contributed by atoms with Crippen LogP contribution in [0.2, 0.25) is 0 Å². The van der Waals surface area contributed by atoms with Crippen LogP contribution in [0.1, 0.15) is 37.7 Å². The lowest BCUT2D eigenvalue weighted by Gasteiger charge is -2.30. The smallest absolute Gasteiger partial charge is 0.315 e. The fourth-order valence-electron chi connectivity index (χ4n) is 4.04. The van der Waals surface area contributed by atoms with Crippen LogP contribution in [-0.4, -0.2) is 61.6 Å². The van der Waals surface area contributed by atoms with Crippen molar-refractivity contribution in [3.05, 3.63) is 35.9 Å². The van der Waals surface area contributed by atoms with Crippen LogP contribution in [0.4, 0.5) is 4.79 Å². The Morgan fingerprint density at radius 3 is 2.41 bits per heavy atom. The monoisotopic (exact) mass is 423 g/mol. The lowest BCUT2D eigenvalue weighted by atomic mass is 9.96. The molecule has 1 saturated heterocycles. The number of urea groups is 1. The van der Waals surface area contributed by atoms with Crippen LogP contribution >= 0.6 is 12.4 Å². The van der Waals surface area contributed by atoms with E-state index in [-0.39, 0.29) is 24.3 Å². The maximum atomic E-state index is 12.9. The first-order chi connectivity index (χ1) is 13.7. The van der Waals surface area contributed by atoms with E-state index in [4.69, 9.17) is 0 Å². The summed E-state index contributed by atoms with van der Waals surface area (Å²) in [5.41, 5.74) is 0.269. The molecule has 0 bridgehead atoms. The number of halogens is 1. The number of nitrogens with one attached hydrogen (secondary N) is 4. The molecule has 0 aromatic heterocycles. The van der Waals surface area contributed by atoms with Gasteiger partial charge < -0.3 is 26.2 Å². The van der Waals surface area contributed by atoms with Crippen molar-refractivity contribution < 1.29 is 9.59 Å². The quantitative estimate of drug-likeness (QED) is 0.479. The van der Waals surface area contributed by atoms with Crippen molar-refractivity contribution in [3.63, 3.8) is 0 Å². The van der Waals surface area contributed by atoms with Gasteiger partial charge in [-0.3, -0.25) is 4.79 Å². The Labute approximate surface area is 179 Å². The van der Waals surface area contributed by atoms with Crippen LogP contribution in [0.3, 0.4) is 0 Å². The third-order valence-corrected chi connectivity index (χ3v) is 5.69. The van der Waals surface area contributed by atoms with Crippen LogP contribution in [0.25, 0.3) is 0 Å². The summed E-state index contributed by atoms with van der Waals surface area (Å²) < 4.78 is 0. The molecule has 0 atom stereocenters. The van der Waals surface area contributed by atoms with Gasteiger partial charge in [0.2, 0.25) is 5.91 Å². The summed E-state index contributed by atoms with van der Waals surface area (Å²) in [6, 6.07) is 9.50. The van der Waals surface area contributed by atoms with Gasteiger partial charge in [0.1, 0.15) is 5.54 Å². The minimum atomic E-state index is -0.768. The maximum absolute atomic E-state index is 12.9. The summed E-state index contributed by atoms with van der Waals surface area (Å²) in [5, 5.41) is 12.3. The van der Waals surface area contributed by atoms with Crippen LogP contribution in [-0.2, 0) is 11.3 Å². The average Bonchev–Trinajstić information content (AvgIpc) is 3.21. The van der Waals surface area contributed by atoms with E-state index in [9.17, 15) is 9.59 Å². The first-order valence-corrected chi connectivity index (χ1v) is 10.5. The number of nitrogens with zero attached hydrogens (tertiary/aromatic N) is 1. The van der Waals surface area contributed by atoms with Crippen molar-refractivity contribution in [2.75, 3.05) is 39.3 Å². The molecule has 1 aliphatic carbocycles. The predicted molar refractivity (Wildman–Crippen MR) is 117 cm³/mol. The van der Waals surface area contributed by atoms with Crippen molar-refractivity contribution in [2.24, 2.45) is 0 Å². The molecule has 1 saturated carbocycles. The largest absolute Gasteiger partial charge is 0.354 e. The van der Waals surface area contributed by atoms with Crippen LogP contribution in [0.5, 0.6) is 0 Å². The lowest BCUT2D eigenvalue weighted by Crippen LogP contribution is -2.59. The molecule has 0 radical (unpaired) electrons. The Balaban J connectivity index is 0.00000300. The van der Waals surface area contributed by atoms with Gasteiger partial charge in [-0.1, -0.05) is 43.2 Å². The van der Waals surface area contributed by atoms with Crippen LogP contribution in [0.15, 0.2) is 30.3 Å². The molecule has 8 heteroatoms. The third-order valence-electron chi connectivity index (χ3n) is 5.69. The zero-order valence-corrected chi connectivity index (χ0v) is 17.9.